The molecule has 0 atom stereocenters. The van der Waals surface area contributed by atoms with Crippen molar-refractivity contribution in [3.63, 3.8) is 0 Å². The Labute approximate surface area is 161 Å². The largest absolute Gasteiger partial charge is 0.495 e. The van der Waals surface area contributed by atoms with E-state index >= 15 is 0 Å². The highest BCUT2D eigenvalue weighted by atomic mass is 35.5. The van der Waals surface area contributed by atoms with Crippen molar-refractivity contribution < 1.29 is 22.6 Å². The summed E-state index contributed by atoms with van der Waals surface area (Å²) in [5, 5.41) is 3.68. The molecule has 2 heterocycles. The lowest BCUT2D eigenvalue weighted by Gasteiger charge is -2.13. The number of rotatable bonds is 3. The highest BCUT2D eigenvalue weighted by Crippen LogP contribution is 2.37. The fourth-order valence-electron chi connectivity index (χ4n) is 2.58. The van der Waals surface area contributed by atoms with E-state index in [9.17, 15) is 13.2 Å². The number of pyridine rings is 1. The van der Waals surface area contributed by atoms with E-state index in [0.717, 1.165) is 12.3 Å². The smallest absolute Gasteiger partial charge is 0.418 e. The van der Waals surface area contributed by atoms with E-state index in [1.807, 2.05) is 0 Å². The van der Waals surface area contributed by atoms with E-state index < -0.39 is 11.7 Å². The van der Waals surface area contributed by atoms with Gasteiger partial charge in [-0.1, -0.05) is 24.1 Å². The zero-order valence-electron chi connectivity index (χ0n) is 15.2. The fraction of sp³-hybridized carbons (Fsp3) is 0.421. The second-order valence-electron chi connectivity index (χ2n) is 5.93. The molecule has 0 amide bonds. The predicted molar refractivity (Wildman–Crippen MR) is 99.5 cm³/mol. The van der Waals surface area contributed by atoms with Gasteiger partial charge in [0.05, 0.1) is 24.8 Å². The van der Waals surface area contributed by atoms with Crippen molar-refractivity contribution in [1.82, 2.24) is 10.3 Å². The van der Waals surface area contributed by atoms with Gasteiger partial charge in [-0.05, 0) is 44.1 Å². The number of alkyl halides is 3. The Balaban J connectivity index is 0.000000369. The number of methoxy groups -OCH3 is 2. The van der Waals surface area contributed by atoms with Crippen LogP contribution in [0.15, 0.2) is 30.5 Å². The maximum absolute atomic E-state index is 12.7. The van der Waals surface area contributed by atoms with Gasteiger partial charge in [0, 0.05) is 11.8 Å². The van der Waals surface area contributed by atoms with E-state index in [-0.39, 0.29) is 11.4 Å². The third-order valence-corrected chi connectivity index (χ3v) is 4.34. The second kappa shape index (κ2) is 9.80. The molecule has 1 aromatic heterocycles. The van der Waals surface area contributed by atoms with Gasteiger partial charge >= 0.3 is 6.18 Å². The number of halogens is 4. The molecule has 2 aromatic rings. The summed E-state index contributed by atoms with van der Waals surface area (Å²) in [6, 6.07) is 5.70. The topological polar surface area (TPSA) is 43.4 Å². The minimum Gasteiger partial charge on any atom is -0.495 e. The molecule has 1 aliphatic rings. The van der Waals surface area contributed by atoms with Crippen molar-refractivity contribution in [2.75, 3.05) is 27.3 Å². The van der Waals surface area contributed by atoms with Crippen molar-refractivity contribution in [2.45, 2.75) is 25.4 Å². The number of nitrogens with one attached hydrogen (secondary N) is 1. The van der Waals surface area contributed by atoms with Gasteiger partial charge in [0.15, 0.2) is 0 Å². The molecule has 0 radical (unpaired) electrons. The minimum absolute atomic E-state index is 0.0224. The van der Waals surface area contributed by atoms with Crippen LogP contribution in [0.2, 0.25) is 5.02 Å². The molecule has 1 fully saturated rings. The lowest BCUT2D eigenvalue weighted by molar-refractivity contribution is -0.137. The van der Waals surface area contributed by atoms with E-state index in [2.05, 4.69) is 10.3 Å². The molecule has 0 saturated carbocycles. The fourth-order valence-corrected chi connectivity index (χ4v) is 2.78. The van der Waals surface area contributed by atoms with Crippen LogP contribution in [0.25, 0.3) is 11.3 Å². The van der Waals surface area contributed by atoms with E-state index in [0.29, 0.717) is 16.3 Å². The Kier molecular flexibility index (Phi) is 7.74. The number of hydrogen-bond donors (Lipinski definition) is 1. The summed E-state index contributed by atoms with van der Waals surface area (Å²) in [5.74, 6) is 0.423. The Morgan fingerprint density at radius 2 is 1.67 bits per heavy atom. The molecule has 1 saturated heterocycles. The molecule has 1 aliphatic heterocycles. The molecule has 1 aromatic carbocycles. The van der Waals surface area contributed by atoms with E-state index in [1.54, 1.807) is 18.2 Å². The molecule has 8 heteroatoms. The quantitative estimate of drug-likeness (QED) is 0.766. The van der Waals surface area contributed by atoms with Gasteiger partial charge in [0.2, 0.25) is 0 Å². The van der Waals surface area contributed by atoms with Gasteiger partial charge in [0.25, 0.3) is 0 Å². The van der Waals surface area contributed by atoms with Crippen LogP contribution in [0, 0.1) is 0 Å². The summed E-state index contributed by atoms with van der Waals surface area (Å²) in [7, 11) is 2.73. The van der Waals surface area contributed by atoms with Crippen molar-refractivity contribution >= 4 is 11.6 Å². The first-order valence-electron chi connectivity index (χ1n) is 8.52. The van der Waals surface area contributed by atoms with Crippen LogP contribution in [0.1, 0.15) is 24.8 Å². The van der Waals surface area contributed by atoms with Gasteiger partial charge in [-0.25, -0.2) is 0 Å². The van der Waals surface area contributed by atoms with Crippen LogP contribution in [0.3, 0.4) is 0 Å². The first-order chi connectivity index (χ1) is 12.9. The van der Waals surface area contributed by atoms with Gasteiger partial charge < -0.3 is 14.8 Å². The third-order valence-electron chi connectivity index (χ3n) is 4.03. The number of nitrogens with zero attached hydrogens (tertiary/aromatic N) is 1. The zero-order valence-corrected chi connectivity index (χ0v) is 16.0. The van der Waals surface area contributed by atoms with E-state index in [4.69, 9.17) is 21.1 Å². The van der Waals surface area contributed by atoms with Crippen LogP contribution in [-0.4, -0.2) is 32.3 Å². The van der Waals surface area contributed by atoms with Gasteiger partial charge in [-0.3, -0.25) is 4.98 Å². The normalized spacial score (nSPS) is 14.1. The molecule has 4 nitrogen and oxygen atoms in total. The Bertz CT molecular complexity index is 739. The summed E-state index contributed by atoms with van der Waals surface area (Å²) < 4.78 is 48.1. The Morgan fingerprint density at radius 1 is 1.00 bits per heavy atom. The molecule has 0 bridgehead atoms. The van der Waals surface area contributed by atoms with Crippen molar-refractivity contribution in [3.05, 3.63) is 41.0 Å². The second-order valence-corrected chi connectivity index (χ2v) is 6.34. The standard InChI is InChI=1S/C14H11ClF3NO2.C5H11N/c1-20-11-5-8(3-4-10(11)15)13-12(21-2)6-9(7-19-13)14(16,17)18;1-2-4-6-5-3-1/h3-7H,1-2H3;6H,1-5H2. The summed E-state index contributed by atoms with van der Waals surface area (Å²) in [4.78, 5) is 3.85. The van der Waals surface area contributed by atoms with Crippen molar-refractivity contribution in [2.24, 2.45) is 0 Å². The summed E-state index contributed by atoms with van der Waals surface area (Å²) in [5.41, 5.74) is -0.0497. The van der Waals surface area contributed by atoms with Crippen LogP contribution >= 0.6 is 11.6 Å². The first kappa shape index (κ1) is 21.3. The van der Waals surface area contributed by atoms with E-state index in [1.165, 1.54) is 46.6 Å². The molecule has 0 aliphatic carbocycles. The number of aromatic nitrogens is 1. The zero-order chi connectivity index (χ0) is 19.9. The average molecular weight is 403 g/mol. The minimum atomic E-state index is -4.48. The molecule has 0 unspecified atom stereocenters. The molecule has 148 valence electrons. The van der Waals surface area contributed by atoms with Crippen LogP contribution in [0.4, 0.5) is 13.2 Å². The van der Waals surface area contributed by atoms with Gasteiger partial charge in [0.1, 0.15) is 17.2 Å². The van der Waals surface area contributed by atoms with Gasteiger partial charge in [-0.2, -0.15) is 13.2 Å². The maximum Gasteiger partial charge on any atom is 0.418 e. The molecule has 27 heavy (non-hydrogen) atoms. The third kappa shape index (κ3) is 6.01. The molecular formula is C19H22ClF3N2O2. The molecule has 0 spiro atoms. The highest BCUT2D eigenvalue weighted by Gasteiger charge is 2.32. The number of benzene rings is 1. The average Bonchev–Trinajstić information content (AvgIpc) is 2.69. The first-order valence-corrected chi connectivity index (χ1v) is 8.90. The number of hydrogen-bond acceptors (Lipinski definition) is 4. The SMILES string of the molecule is C1CCNCC1.COc1cc(-c2ncc(C(F)(F)F)cc2OC)ccc1Cl. The monoisotopic (exact) mass is 402 g/mol. The van der Waals surface area contributed by atoms with Gasteiger partial charge in [-0.15, -0.1) is 0 Å². The molecule has 3 rings (SSSR count). The summed E-state index contributed by atoms with van der Waals surface area (Å²) in [6.07, 6.45) is 0.502. The maximum atomic E-state index is 12.7. The summed E-state index contributed by atoms with van der Waals surface area (Å²) >= 11 is 5.92. The lowest BCUT2D eigenvalue weighted by Crippen LogP contribution is -2.21. The van der Waals surface area contributed by atoms with Crippen LogP contribution in [0.5, 0.6) is 11.5 Å². The molecule has 1 N–H and O–H groups in total. The van der Waals surface area contributed by atoms with Crippen LogP contribution < -0.4 is 14.8 Å². The van der Waals surface area contributed by atoms with Crippen LogP contribution in [-0.2, 0) is 6.18 Å². The highest BCUT2D eigenvalue weighted by molar-refractivity contribution is 6.32. The predicted octanol–water partition coefficient (Wildman–Crippen LogP) is 5.20. The Morgan fingerprint density at radius 3 is 2.15 bits per heavy atom. The number of piperidine rings is 1. The van der Waals surface area contributed by atoms with Crippen molar-refractivity contribution in [3.8, 4) is 22.8 Å². The number of ether oxygens (including phenoxy) is 2. The molecular weight excluding hydrogens is 381 g/mol. The lowest BCUT2D eigenvalue weighted by atomic mass is 10.1. The summed E-state index contributed by atoms with van der Waals surface area (Å²) in [6.45, 7) is 2.50. The Hall–Kier alpha value is -1.99. The van der Waals surface area contributed by atoms with Crippen molar-refractivity contribution in [1.29, 1.82) is 0 Å².